The van der Waals surface area contributed by atoms with Gasteiger partial charge in [0.25, 0.3) is 0 Å². The van der Waals surface area contributed by atoms with Crippen LogP contribution in [0.15, 0.2) is 46.9 Å². The van der Waals surface area contributed by atoms with Gasteiger partial charge in [-0.05, 0) is 36.4 Å². The van der Waals surface area contributed by atoms with E-state index in [1.165, 1.54) is 5.56 Å². The van der Waals surface area contributed by atoms with Crippen molar-refractivity contribution < 1.29 is 4.74 Å². The molecule has 0 radical (unpaired) electrons. The maximum Gasteiger partial charge on any atom is 0.138 e. The van der Waals surface area contributed by atoms with E-state index in [-0.39, 0.29) is 0 Å². The molecule has 0 aromatic heterocycles. The van der Waals surface area contributed by atoms with Gasteiger partial charge < -0.3 is 10.1 Å². The van der Waals surface area contributed by atoms with Crippen molar-refractivity contribution in [2.24, 2.45) is 0 Å². The van der Waals surface area contributed by atoms with Gasteiger partial charge >= 0.3 is 0 Å². The molecule has 0 bridgehead atoms. The van der Waals surface area contributed by atoms with Crippen LogP contribution in [0.2, 0.25) is 5.02 Å². The molecule has 0 spiro atoms. The summed E-state index contributed by atoms with van der Waals surface area (Å²) in [6.07, 6.45) is 0. The van der Waals surface area contributed by atoms with Gasteiger partial charge in [0.05, 0.1) is 5.02 Å². The molecule has 0 aliphatic rings. The summed E-state index contributed by atoms with van der Waals surface area (Å²) in [5, 5.41) is 3.75. The number of hydrogen-bond acceptors (Lipinski definition) is 2. The van der Waals surface area contributed by atoms with Crippen LogP contribution in [0.1, 0.15) is 11.1 Å². The average molecular weight is 341 g/mol. The van der Waals surface area contributed by atoms with Crippen LogP contribution in [0, 0.1) is 0 Å². The highest BCUT2D eigenvalue weighted by Crippen LogP contribution is 2.28. The summed E-state index contributed by atoms with van der Waals surface area (Å²) in [6.45, 7) is 1.37. The summed E-state index contributed by atoms with van der Waals surface area (Å²) in [5.74, 6) is 0.698. The molecule has 2 aromatic carbocycles. The third-order valence-corrected chi connectivity index (χ3v) is 3.45. The van der Waals surface area contributed by atoms with Crippen LogP contribution in [-0.2, 0) is 13.2 Å². The Bertz CT molecular complexity index is 560. The molecular weight excluding hydrogens is 326 g/mol. The second kappa shape index (κ2) is 6.94. The van der Waals surface area contributed by atoms with E-state index in [4.69, 9.17) is 16.3 Å². The van der Waals surface area contributed by atoms with Crippen molar-refractivity contribution in [1.29, 1.82) is 0 Å². The van der Waals surface area contributed by atoms with Crippen molar-refractivity contribution in [3.63, 3.8) is 0 Å². The van der Waals surface area contributed by atoms with E-state index in [9.17, 15) is 0 Å². The first-order chi connectivity index (χ1) is 9.19. The van der Waals surface area contributed by atoms with Gasteiger partial charge in [-0.3, -0.25) is 0 Å². The molecule has 1 N–H and O–H groups in total. The standard InChI is InChI=1S/C15H15BrClNO/c1-18-9-11-3-2-4-12(7-11)10-19-15-6-5-13(16)8-14(15)17/h2-8,18H,9-10H2,1H3. The molecule has 2 rings (SSSR count). The lowest BCUT2D eigenvalue weighted by molar-refractivity contribution is 0.306. The topological polar surface area (TPSA) is 21.3 Å². The summed E-state index contributed by atoms with van der Waals surface area (Å²) in [6, 6.07) is 13.9. The second-order valence-corrected chi connectivity index (χ2v) is 5.54. The van der Waals surface area contributed by atoms with Gasteiger partial charge in [-0.15, -0.1) is 0 Å². The summed E-state index contributed by atoms with van der Waals surface area (Å²) in [5.41, 5.74) is 2.37. The largest absolute Gasteiger partial charge is 0.487 e. The van der Waals surface area contributed by atoms with Gasteiger partial charge in [0.2, 0.25) is 0 Å². The predicted molar refractivity (Wildman–Crippen MR) is 82.7 cm³/mol. The maximum atomic E-state index is 6.11. The van der Waals surface area contributed by atoms with Crippen LogP contribution in [0.25, 0.3) is 0 Å². The Morgan fingerprint density at radius 3 is 2.68 bits per heavy atom. The molecule has 0 unspecified atom stereocenters. The van der Waals surface area contributed by atoms with Gasteiger partial charge in [-0.1, -0.05) is 51.8 Å². The minimum atomic E-state index is 0.513. The first-order valence-corrected chi connectivity index (χ1v) is 7.16. The lowest BCUT2D eigenvalue weighted by Gasteiger charge is -2.09. The Morgan fingerprint density at radius 1 is 1.16 bits per heavy atom. The fraction of sp³-hybridized carbons (Fsp3) is 0.200. The van der Waals surface area contributed by atoms with Gasteiger partial charge in [0.1, 0.15) is 12.4 Å². The van der Waals surface area contributed by atoms with Gasteiger partial charge in [-0.25, -0.2) is 0 Å². The molecule has 0 saturated heterocycles. The number of hydrogen-bond donors (Lipinski definition) is 1. The van der Waals surface area contributed by atoms with Crippen LogP contribution < -0.4 is 10.1 Å². The van der Waals surface area contributed by atoms with Gasteiger partial charge in [-0.2, -0.15) is 0 Å². The van der Waals surface area contributed by atoms with Crippen LogP contribution in [-0.4, -0.2) is 7.05 Å². The van der Waals surface area contributed by atoms with Crippen LogP contribution in [0.3, 0.4) is 0 Å². The lowest BCUT2D eigenvalue weighted by atomic mass is 10.1. The first kappa shape index (κ1) is 14.4. The number of benzene rings is 2. The van der Waals surface area contributed by atoms with Crippen molar-refractivity contribution in [2.45, 2.75) is 13.2 Å². The molecule has 0 amide bonds. The molecule has 19 heavy (non-hydrogen) atoms. The summed E-state index contributed by atoms with van der Waals surface area (Å²) in [4.78, 5) is 0. The molecule has 2 aromatic rings. The van der Waals surface area contributed by atoms with Crippen molar-refractivity contribution in [3.05, 3.63) is 63.1 Å². The normalized spacial score (nSPS) is 10.5. The zero-order chi connectivity index (χ0) is 13.7. The summed E-state index contributed by atoms with van der Waals surface area (Å²) >= 11 is 9.48. The molecule has 100 valence electrons. The highest BCUT2D eigenvalue weighted by molar-refractivity contribution is 9.10. The fourth-order valence-corrected chi connectivity index (χ4v) is 2.51. The first-order valence-electron chi connectivity index (χ1n) is 5.99. The molecule has 0 saturated carbocycles. The Labute approximate surface area is 126 Å². The smallest absolute Gasteiger partial charge is 0.138 e. The van der Waals surface area contributed by atoms with E-state index in [1.807, 2.05) is 37.4 Å². The van der Waals surface area contributed by atoms with E-state index in [0.29, 0.717) is 17.4 Å². The molecule has 0 aliphatic heterocycles. The summed E-state index contributed by atoms with van der Waals surface area (Å²) in [7, 11) is 1.94. The zero-order valence-electron chi connectivity index (χ0n) is 10.6. The van der Waals surface area contributed by atoms with E-state index in [1.54, 1.807) is 0 Å². The minimum absolute atomic E-state index is 0.513. The molecule has 2 nitrogen and oxygen atoms in total. The Balaban J connectivity index is 2.03. The second-order valence-electron chi connectivity index (χ2n) is 4.21. The molecule has 0 atom stereocenters. The van der Waals surface area contributed by atoms with Crippen molar-refractivity contribution in [2.75, 3.05) is 7.05 Å². The number of ether oxygens (including phenoxy) is 1. The van der Waals surface area contributed by atoms with Crippen LogP contribution in [0.5, 0.6) is 5.75 Å². The molecule has 0 fully saturated rings. The zero-order valence-corrected chi connectivity index (χ0v) is 13.0. The third-order valence-electron chi connectivity index (χ3n) is 2.66. The number of nitrogens with one attached hydrogen (secondary N) is 1. The fourth-order valence-electron chi connectivity index (χ4n) is 1.79. The molecular formula is C15H15BrClNO. The molecule has 4 heteroatoms. The Kier molecular flexibility index (Phi) is 5.25. The minimum Gasteiger partial charge on any atom is -0.487 e. The highest BCUT2D eigenvalue weighted by atomic mass is 79.9. The van der Waals surface area contributed by atoms with Gasteiger partial charge in [0.15, 0.2) is 0 Å². The predicted octanol–water partition coefficient (Wildman–Crippen LogP) is 4.40. The average Bonchev–Trinajstić information content (AvgIpc) is 2.38. The molecule has 0 heterocycles. The van der Waals surface area contributed by atoms with E-state index in [2.05, 4.69) is 33.4 Å². The molecule has 0 aliphatic carbocycles. The Hall–Kier alpha value is -1.03. The monoisotopic (exact) mass is 339 g/mol. The van der Waals surface area contributed by atoms with E-state index < -0.39 is 0 Å². The Morgan fingerprint density at radius 2 is 1.95 bits per heavy atom. The summed E-state index contributed by atoms with van der Waals surface area (Å²) < 4.78 is 6.68. The SMILES string of the molecule is CNCc1cccc(COc2ccc(Br)cc2Cl)c1. The van der Waals surface area contributed by atoms with E-state index >= 15 is 0 Å². The maximum absolute atomic E-state index is 6.11. The van der Waals surface area contributed by atoms with Crippen molar-refractivity contribution in [3.8, 4) is 5.75 Å². The van der Waals surface area contributed by atoms with Crippen LogP contribution in [0.4, 0.5) is 0 Å². The van der Waals surface area contributed by atoms with Crippen LogP contribution >= 0.6 is 27.5 Å². The van der Waals surface area contributed by atoms with Gasteiger partial charge in [0, 0.05) is 11.0 Å². The number of rotatable bonds is 5. The van der Waals surface area contributed by atoms with E-state index in [0.717, 1.165) is 16.6 Å². The van der Waals surface area contributed by atoms with Crippen molar-refractivity contribution in [1.82, 2.24) is 5.32 Å². The third kappa shape index (κ3) is 4.23. The highest BCUT2D eigenvalue weighted by Gasteiger charge is 2.03. The lowest BCUT2D eigenvalue weighted by Crippen LogP contribution is -2.05. The van der Waals surface area contributed by atoms with Crippen molar-refractivity contribution >= 4 is 27.5 Å². The quantitative estimate of drug-likeness (QED) is 0.871. The number of halogens is 2.